The molecule has 120 valence electrons. The van der Waals surface area contributed by atoms with Crippen molar-refractivity contribution in [3.8, 4) is 11.5 Å². The molecular weight excluding hydrogens is 290 g/mol. The van der Waals surface area contributed by atoms with E-state index in [0.717, 1.165) is 5.56 Å². The van der Waals surface area contributed by atoms with Crippen LogP contribution in [0.1, 0.15) is 33.3 Å². The minimum atomic E-state index is -0.179. The van der Waals surface area contributed by atoms with Crippen LogP contribution in [-0.2, 0) is 11.2 Å². The summed E-state index contributed by atoms with van der Waals surface area (Å²) < 4.78 is 16.9. The summed E-state index contributed by atoms with van der Waals surface area (Å²) in [5.41, 5.74) is 6.65. The van der Waals surface area contributed by atoms with Crippen LogP contribution in [-0.4, -0.2) is 32.0 Å². The number of rotatable bonds is 7. The molecule has 0 aliphatic rings. The van der Waals surface area contributed by atoms with Crippen molar-refractivity contribution in [1.82, 2.24) is 0 Å². The topological polar surface area (TPSA) is 53.7 Å². The molecule has 0 aliphatic carbocycles. The lowest BCUT2D eigenvalue weighted by molar-refractivity contribution is -0.0166. The molecule has 0 saturated heterocycles. The summed E-state index contributed by atoms with van der Waals surface area (Å²) in [6, 6.07) is 3.63. The highest BCUT2D eigenvalue weighted by atomic mass is 35.5. The summed E-state index contributed by atoms with van der Waals surface area (Å²) in [6.07, 6.45) is 0.673. The quantitative estimate of drug-likeness (QED) is 0.783. The van der Waals surface area contributed by atoms with Gasteiger partial charge in [-0.25, -0.2) is 0 Å². The van der Waals surface area contributed by atoms with Crippen LogP contribution in [0.15, 0.2) is 12.1 Å². The Kier molecular flexibility index (Phi) is 6.78. The minimum Gasteiger partial charge on any atom is -0.493 e. The molecule has 4 nitrogen and oxygen atoms in total. The van der Waals surface area contributed by atoms with Crippen LogP contribution >= 0.6 is 11.6 Å². The number of hydrogen-bond donors (Lipinski definition) is 1. The highest BCUT2D eigenvalue weighted by molar-refractivity contribution is 6.30. The molecule has 0 heterocycles. The molecule has 1 aromatic rings. The second-order valence-corrected chi connectivity index (χ2v) is 6.52. The summed E-state index contributed by atoms with van der Waals surface area (Å²) in [5, 5.41) is 0.612. The molecule has 21 heavy (non-hydrogen) atoms. The predicted octanol–water partition coefficient (Wildman–Crippen LogP) is 3.43. The van der Waals surface area contributed by atoms with Gasteiger partial charge in [0.2, 0.25) is 0 Å². The number of benzene rings is 1. The lowest BCUT2D eigenvalue weighted by Gasteiger charge is -2.21. The van der Waals surface area contributed by atoms with Crippen LogP contribution in [0.3, 0.4) is 0 Å². The van der Waals surface area contributed by atoms with Crippen molar-refractivity contribution in [2.24, 2.45) is 5.73 Å². The van der Waals surface area contributed by atoms with Crippen LogP contribution in [0.4, 0.5) is 0 Å². The Hall–Kier alpha value is -0.970. The second-order valence-electron chi connectivity index (χ2n) is 6.09. The first kappa shape index (κ1) is 18.1. The van der Waals surface area contributed by atoms with Gasteiger partial charge in [-0.1, -0.05) is 11.6 Å². The number of methoxy groups -OCH3 is 1. The van der Waals surface area contributed by atoms with E-state index in [0.29, 0.717) is 36.2 Å². The van der Waals surface area contributed by atoms with E-state index in [1.807, 2.05) is 33.8 Å². The highest BCUT2D eigenvalue weighted by Gasteiger charge is 2.15. The molecule has 0 amide bonds. The van der Waals surface area contributed by atoms with Crippen LogP contribution < -0.4 is 15.2 Å². The zero-order chi connectivity index (χ0) is 16.0. The molecule has 1 aromatic carbocycles. The van der Waals surface area contributed by atoms with Crippen molar-refractivity contribution in [3.63, 3.8) is 0 Å². The van der Waals surface area contributed by atoms with Gasteiger partial charge < -0.3 is 19.9 Å². The first-order chi connectivity index (χ1) is 9.73. The normalized spacial score (nSPS) is 13.1. The molecule has 0 radical (unpaired) electrons. The lowest BCUT2D eigenvalue weighted by Crippen LogP contribution is -2.23. The Labute approximate surface area is 132 Å². The number of nitrogens with two attached hydrogens (primary N) is 1. The van der Waals surface area contributed by atoms with Gasteiger partial charge in [-0.2, -0.15) is 0 Å². The monoisotopic (exact) mass is 315 g/mol. The van der Waals surface area contributed by atoms with Crippen molar-refractivity contribution >= 4 is 11.6 Å². The van der Waals surface area contributed by atoms with E-state index in [4.69, 9.17) is 31.5 Å². The highest BCUT2D eigenvalue weighted by Crippen LogP contribution is 2.35. The maximum absolute atomic E-state index is 6.10. The van der Waals surface area contributed by atoms with Gasteiger partial charge in [-0.15, -0.1) is 0 Å². The van der Waals surface area contributed by atoms with E-state index in [2.05, 4.69) is 0 Å². The van der Waals surface area contributed by atoms with E-state index in [1.54, 1.807) is 13.2 Å². The van der Waals surface area contributed by atoms with E-state index in [-0.39, 0.29) is 11.6 Å². The van der Waals surface area contributed by atoms with Crippen LogP contribution in [0.5, 0.6) is 11.5 Å². The lowest BCUT2D eigenvalue weighted by atomic mass is 10.1. The van der Waals surface area contributed by atoms with Crippen LogP contribution in [0, 0.1) is 0 Å². The third-order valence-corrected chi connectivity index (χ3v) is 2.94. The Bertz CT molecular complexity index is 456. The molecule has 0 bridgehead atoms. The van der Waals surface area contributed by atoms with Crippen LogP contribution in [0.25, 0.3) is 0 Å². The van der Waals surface area contributed by atoms with Crippen molar-refractivity contribution in [1.29, 1.82) is 0 Å². The number of hydrogen-bond acceptors (Lipinski definition) is 4. The van der Waals surface area contributed by atoms with Gasteiger partial charge in [0.25, 0.3) is 0 Å². The molecule has 2 N–H and O–H groups in total. The Balaban J connectivity index is 2.82. The van der Waals surface area contributed by atoms with Crippen LogP contribution in [0.2, 0.25) is 5.02 Å². The smallest absolute Gasteiger partial charge is 0.164 e. The van der Waals surface area contributed by atoms with Gasteiger partial charge in [-0.3, -0.25) is 0 Å². The fraction of sp³-hybridized carbons (Fsp3) is 0.625. The zero-order valence-corrected chi connectivity index (χ0v) is 14.3. The van der Waals surface area contributed by atoms with E-state index in [9.17, 15) is 0 Å². The summed E-state index contributed by atoms with van der Waals surface area (Å²) in [6.45, 7) is 8.93. The SMILES string of the molecule is COc1cc(Cl)cc(CC(C)N)c1OCCOC(C)(C)C. The molecule has 0 fully saturated rings. The van der Waals surface area contributed by atoms with Crippen molar-refractivity contribution in [2.45, 2.75) is 45.8 Å². The fourth-order valence-corrected chi connectivity index (χ4v) is 2.16. The fourth-order valence-electron chi connectivity index (χ4n) is 1.93. The number of halogens is 1. The summed E-state index contributed by atoms with van der Waals surface area (Å²) in [5.74, 6) is 1.31. The Morgan fingerprint density at radius 3 is 2.43 bits per heavy atom. The van der Waals surface area contributed by atoms with Gasteiger partial charge in [0.15, 0.2) is 11.5 Å². The molecular formula is C16H26ClNO3. The molecule has 0 aliphatic heterocycles. The third kappa shape index (κ3) is 6.55. The second kappa shape index (κ2) is 7.87. The molecule has 0 saturated carbocycles. The molecule has 0 spiro atoms. The molecule has 1 unspecified atom stereocenters. The van der Waals surface area contributed by atoms with Crippen molar-refractivity contribution < 1.29 is 14.2 Å². The summed E-state index contributed by atoms with van der Waals surface area (Å²) in [7, 11) is 1.60. The van der Waals surface area contributed by atoms with Crippen molar-refractivity contribution in [3.05, 3.63) is 22.7 Å². The van der Waals surface area contributed by atoms with Crippen molar-refractivity contribution in [2.75, 3.05) is 20.3 Å². The number of ether oxygens (including phenoxy) is 3. The average Bonchev–Trinajstić information content (AvgIpc) is 2.33. The Morgan fingerprint density at radius 1 is 1.24 bits per heavy atom. The third-order valence-electron chi connectivity index (χ3n) is 2.72. The molecule has 5 heteroatoms. The van der Waals surface area contributed by atoms with E-state index in [1.165, 1.54) is 0 Å². The van der Waals surface area contributed by atoms with Gasteiger partial charge >= 0.3 is 0 Å². The predicted molar refractivity (Wildman–Crippen MR) is 86.6 cm³/mol. The van der Waals surface area contributed by atoms with Gasteiger partial charge in [-0.05, 0) is 40.2 Å². The van der Waals surface area contributed by atoms with E-state index >= 15 is 0 Å². The van der Waals surface area contributed by atoms with Gasteiger partial charge in [0.05, 0.1) is 19.3 Å². The first-order valence-corrected chi connectivity index (χ1v) is 7.49. The zero-order valence-electron chi connectivity index (χ0n) is 13.5. The maximum atomic E-state index is 6.10. The summed E-state index contributed by atoms with van der Waals surface area (Å²) >= 11 is 6.10. The minimum absolute atomic E-state index is 0.0151. The standard InChI is InChI=1S/C16H26ClNO3/c1-11(18)8-12-9-13(17)10-14(19-5)15(12)20-6-7-21-16(2,3)4/h9-11H,6-8,18H2,1-5H3. The Morgan fingerprint density at radius 2 is 1.90 bits per heavy atom. The van der Waals surface area contributed by atoms with E-state index < -0.39 is 0 Å². The largest absolute Gasteiger partial charge is 0.493 e. The van der Waals surface area contributed by atoms with Gasteiger partial charge in [0, 0.05) is 22.7 Å². The molecule has 0 aromatic heterocycles. The molecule has 1 rings (SSSR count). The van der Waals surface area contributed by atoms with Gasteiger partial charge in [0.1, 0.15) is 6.61 Å². The maximum Gasteiger partial charge on any atom is 0.164 e. The summed E-state index contributed by atoms with van der Waals surface area (Å²) in [4.78, 5) is 0. The first-order valence-electron chi connectivity index (χ1n) is 7.11. The molecule has 1 atom stereocenters. The average molecular weight is 316 g/mol.